The summed E-state index contributed by atoms with van der Waals surface area (Å²) in [7, 11) is 2.16. The smallest absolute Gasteiger partial charge is 0.195 e. The molecule has 1 aliphatic carbocycles. The predicted octanol–water partition coefficient (Wildman–Crippen LogP) is 2.93. The second kappa shape index (κ2) is 11.2. The highest BCUT2D eigenvalue weighted by atomic mass is 16.3. The molecule has 0 spiro atoms. The van der Waals surface area contributed by atoms with Crippen LogP contribution in [0.25, 0.3) is 5.57 Å². The van der Waals surface area contributed by atoms with Crippen LogP contribution in [0.5, 0.6) is 0 Å². The third-order valence-electron chi connectivity index (χ3n) is 6.73. The van der Waals surface area contributed by atoms with Crippen LogP contribution < -0.4 is 10.6 Å². The van der Waals surface area contributed by atoms with Crippen LogP contribution in [-0.2, 0) is 0 Å². The average molecular weight is 439 g/mol. The molecule has 0 radical (unpaired) electrons. The number of pyridine rings is 1. The maximum atomic E-state index is 9.87. The van der Waals surface area contributed by atoms with Gasteiger partial charge in [-0.05, 0) is 69.3 Å². The largest absolute Gasteiger partial charge is 0.393 e. The molecule has 0 bridgehead atoms. The molecule has 3 aliphatic rings. The lowest BCUT2D eigenvalue weighted by Gasteiger charge is -2.31. The van der Waals surface area contributed by atoms with E-state index in [-0.39, 0.29) is 18.3 Å². The fourth-order valence-electron chi connectivity index (χ4n) is 4.57. The molecule has 0 saturated heterocycles. The van der Waals surface area contributed by atoms with Crippen LogP contribution in [0.4, 0.5) is 0 Å². The quantitative estimate of drug-likeness (QED) is 0.570. The molecule has 0 aromatic carbocycles. The molecule has 0 amide bonds. The van der Waals surface area contributed by atoms with Crippen molar-refractivity contribution in [1.82, 2.24) is 20.5 Å². The van der Waals surface area contributed by atoms with Gasteiger partial charge in [-0.1, -0.05) is 25.5 Å². The Balaban J connectivity index is 1.48. The fourth-order valence-corrected chi connectivity index (χ4v) is 4.57. The molecule has 7 heteroatoms. The van der Waals surface area contributed by atoms with Gasteiger partial charge in [-0.2, -0.15) is 0 Å². The van der Waals surface area contributed by atoms with Crippen molar-refractivity contribution in [1.29, 1.82) is 0 Å². The van der Waals surface area contributed by atoms with Gasteiger partial charge < -0.3 is 15.3 Å². The van der Waals surface area contributed by atoms with E-state index in [0.717, 1.165) is 76.1 Å². The van der Waals surface area contributed by atoms with Gasteiger partial charge in [0.05, 0.1) is 17.7 Å². The zero-order chi connectivity index (χ0) is 22.3. The molecule has 1 aromatic rings. The topological polar surface area (TPSA) is 85.1 Å². The highest BCUT2D eigenvalue weighted by Gasteiger charge is 2.27. The van der Waals surface area contributed by atoms with Gasteiger partial charge in [0.15, 0.2) is 6.29 Å². The number of rotatable bonds is 7. The van der Waals surface area contributed by atoms with Gasteiger partial charge in [0.25, 0.3) is 0 Å². The molecule has 4 rings (SSSR count). The molecule has 174 valence electrons. The summed E-state index contributed by atoms with van der Waals surface area (Å²) in [6.07, 6.45) is 12.8. The van der Waals surface area contributed by atoms with Crippen molar-refractivity contribution in [3.8, 4) is 0 Å². The Morgan fingerprint density at radius 3 is 2.72 bits per heavy atom. The van der Waals surface area contributed by atoms with Crippen molar-refractivity contribution in [2.75, 3.05) is 26.7 Å². The molecule has 2 unspecified atom stereocenters. The minimum atomic E-state index is -0.238. The van der Waals surface area contributed by atoms with Crippen molar-refractivity contribution >= 4 is 17.6 Å². The van der Waals surface area contributed by atoms with E-state index >= 15 is 0 Å². The number of aliphatic hydroxyl groups excluding tert-OH is 1. The van der Waals surface area contributed by atoms with Crippen LogP contribution in [0, 0.1) is 0 Å². The first-order valence-electron chi connectivity index (χ1n) is 12.2. The predicted molar refractivity (Wildman–Crippen MR) is 131 cm³/mol. The van der Waals surface area contributed by atoms with Crippen molar-refractivity contribution in [2.45, 2.75) is 76.2 Å². The Morgan fingerprint density at radius 2 is 2.03 bits per heavy atom. The summed E-state index contributed by atoms with van der Waals surface area (Å²) in [5, 5.41) is 17.0. The van der Waals surface area contributed by atoms with Gasteiger partial charge in [-0.25, -0.2) is 4.99 Å². The van der Waals surface area contributed by atoms with Gasteiger partial charge >= 0.3 is 0 Å². The van der Waals surface area contributed by atoms with Crippen molar-refractivity contribution in [2.24, 2.45) is 9.98 Å². The molecule has 1 fully saturated rings. The summed E-state index contributed by atoms with van der Waals surface area (Å²) in [6.45, 7) is 5.18. The summed E-state index contributed by atoms with van der Waals surface area (Å²) in [5.74, 6) is 0.876. The minimum Gasteiger partial charge on any atom is -0.393 e. The highest BCUT2D eigenvalue weighted by molar-refractivity contribution is 6.03. The van der Waals surface area contributed by atoms with Gasteiger partial charge in [-0.15, -0.1) is 0 Å². The van der Waals surface area contributed by atoms with E-state index in [1.165, 1.54) is 11.1 Å². The molecule has 1 aromatic heterocycles. The molecule has 2 atom stereocenters. The van der Waals surface area contributed by atoms with E-state index in [1.807, 2.05) is 12.4 Å². The summed E-state index contributed by atoms with van der Waals surface area (Å²) in [4.78, 5) is 16.7. The van der Waals surface area contributed by atoms with Crippen LogP contribution in [0.3, 0.4) is 0 Å². The number of amidine groups is 1. The lowest BCUT2D eigenvalue weighted by Crippen LogP contribution is -2.45. The molecule has 32 heavy (non-hydrogen) atoms. The fraction of sp³-hybridized carbons (Fsp3) is 0.640. The molecule has 7 nitrogen and oxygen atoms in total. The summed E-state index contributed by atoms with van der Waals surface area (Å²) < 4.78 is 0. The summed E-state index contributed by atoms with van der Waals surface area (Å²) in [6, 6.07) is 4.65. The second-order valence-electron chi connectivity index (χ2n) is 9.33. The zero-order valence-electron chi connectivity index (χ0n) is 19.5. The molecule has 2 aliphatic heterocycles. The molecule has 3 heterocycles. The van der Waals surface area contributed by atoms with Gasteiger partial charge in [-0.3, -0.25) is 15.3 Å². The Morgan fingerprint density at radius 1 is 1.19 bits per heavy atom. The normalized spacial score (nSPS) is 28.8. The van der Waals surface area contributed by atoms with Crippen molar-refractivity contribution in [3.63, 3.8) is 0 Å². The Hall–Kier alpha value is -2.09. The Labute approximate surface area is 192 Å². The molecule has 3 N–H and O–H groups in total. The van der Waals surface area contributed by atoms with Crippen LogP contribution in [0.2, 0.25) is 0 Å². The third kappa shape index (κ3) is 6.03. The van der Waals surface area contributed by atoms with E-state index in [1.54, 1.807) is 0 Å². The van der Waals surface area contributed by atoms with Crippen LogP contribution in [0.15, 0.2) is 34.4 Å². The number of hydrogen-bond donors (Lipinski definition) is 3. The minimum absolute atomic E-state index is 0.0633. The second-order valence-corrected chi connectivity index (χ2v) is 9.33. The van der Waals surface area contributed by atoms with E-state index in [2.05, 4.69) is 52.7 Å². The monoisotopic (exact) mass is 438 g/mol. The SMILES string of the molecule is CCCCNC1N=CC(c2ccc(C3=CCN(C)CC3)cn2)C(NC2CCC(O)CC2)=N1. The number of nitrogens with one attached hydrogen (secondary N) is 2. The number of nitrogens with zero attached hydrogens (tertiary/aromatic N) is 4. The standard InChI is InChI=1S/C25H38N6O/c1-3-4-13-26-25-28-17-22(24(30-25)29-20-6-8-21(32)9-7-20)23-10-5-19(16-27-23)18-11-14-31(2)15-12-18/h5,10-11,16-17,20-22,25-26,32H,3-4,6-9,12-15H2,1-2H3,(H,29,30). The van der Waals surface area contributed by atoms with Crippen molar-refractivity contribution in [3.05, 3.63) is 35.7 Å². The zero-order valence-corrected chi connectivity index (χ0v) is 19.5. The van der Waals surface area contributed by atoms with Crippen LogP contribution in [-0.4, -0.2) is 72.2 Å². The van der Waals surface area contributed by atoms with E-state index < -0.39 is 0 Å². The lowest BCUT2D eigenvalue weighted by atomic mass is 9.92. The maximum Gasteiger partial charge on any atom is 0.195 e. The van der Waals surface area contributed by atoms with Gasteiger partial charge in [0.2, 0.25) is 0 Å². The van der Waals surface area contributed by atoms with Gasteiger partial charge in [0, 0.05) is 31.5 Å². The van der Waals surface area contributed by atoms with Gasteiger partial charge in [0.1, 0.15) is 5.84 Å². The van der Waals surface area contributed by atoms with E-state index in [4.69, 9.17) is 9.98 Å². The van der Waals surface area contributed by atoms with E-state index in [9.17, 15) is 5.11 Å². The van der Waals surface area contributed by atoms with Crippen LogP contribution >= 0.6 is 0 Å². The third-order valence-corrected chi connectivity index (χ3v) is 6.73. The number of aromatic nitrogens is 1. The first kappa shape index (κ1) is 23.1. The first-order valence-corrected chi connectivity index (χ1v) is 12.2. The van der Waals surface area contributed by atoms with E-state index in [0.29, 0.717) is 6.04 Å². The number of aliphatic imine (C=N–C) groups is 2. The van der Waals surface area contributed by atoms with Crippen molar-refractivity contribution < 1.29 is 5.11 Å². The average Bonchev–Trinajstić information content (AvgIpc) is 2.82. The summed E-state index contributed by atoms with van der Waals surface area (Å²) >= 11 is 0. The van der Waals surface area contributed by atoms with Crippen LogP contribution in [0.1, 0.15) is 69.0 Å². The number of likely N-dealkylation sites (N-methyl/N-ethyl adjacent to an activating group) is 1. The number of unbranched alkanes of at least 4 members (excludes halogenated alkanes) is 1. The Kier molecular flexibility index (Phi) is 8.05. The number of aliphatic hydroxyl groups is 1. The maximum absolute atomic E-state index is 9.87. The summed E-state index contributed by atoms with van der Waals surface area (Å²) in [5.41, 5.74) is 3.56. The number of hydrogen-bond acceptors (Lipinski definition) is 7. The Bertz CT molecular complexity index is 825. The first-order chi connectivity index (χ1) is 15.6. The lowest BCUT2D eigenvalue weighted by molar-refractivity contribution is 0.120. The molecule has 1 saturated carbocycles. The molecular weight excluding hydrogens is 400 g/mol. The highest BCUT2D eigenvalue weighted by Crippen LogP contribution is 2.25. The molecular formula is C25H38N6O.